The van der Waals surface area contributed by atoms with Gasteiger partial charge in [-0.1, -0.05) is 19.1 Å². The van der Waals surface area contributed by atoms with Crippen LogP contribution in [0.5, 0.6) is 5.75 Å². The Morgan fingerprint density at radius 1 is 1.20 bits per heavy atom. The van der Waals surface area contributed by atoms with Gasteiger partial charge in [-0.05, 0) is 42.3 Å². The molecular weight excluding hydrogens is 400 g/mol. The summed E-state index contributed by atoms with van der Waals surface area (Å²) in [4.78, 5) is 28.4. The monoisotopic (exact) mass is 424 g/mol. The molecule has 0 aliphatic carbocycles. The van der Waals surface area contributed by atoms with Crippen LogP contribution in [0.2, 0.25) is 0 Å². The number of amides is 2. The van der Waals surface area contributed by atoms with Crippen molar-refractivity contribution >= 4 is 28.8 Å². The molecule has 0 fully saturated rings. The fourth-order valence-electron chi connectivity index (χ4n) is 3.02. The molecule has 0 saturated heterocycles. The summed E-state index contributed by atoms with van der Waals surface area (Å²) in [7, 11) is 0. The third-order valence-corrected chi connectivity index (χ3v) is 5.50. The number of nitrogens with two attached hydrogens (primary N) is 1. The van der Waals surface area contributed by atoms with E-state index < -0.39 is 5.91 Å². The number of thiazole rings is 1. The molecule has 1 aromatic heterocycles. The molecule has 4 N–H and O–H groups in total. The first-order chi connectivity index (χ1) is 14.4. The number of nitrogens with zero attached hydrogens (tertiary/aromatic N) is 2. The van der Waals surface area contributed by atoms with Gasteiger partial charge in [-0.2, -0.15) is 0 Å². The lowest BCUT2D eigenvalue weighted by atomic mass is 10.1. The minimum absolute atomic E-state index is 0.0563. The molecule has 0 bridgehead atoms. The van der Waals surface area contributed by atoms with E-state index in [0.29, 0.717) is 13.1 Å². The summed E-state index contributed by atoms with van der Waals surface area (Å²) in [5.74, 6) is -0.968. The molecule has 8 heteroatoms. The zero-order valence-corrected chi connectivity index (χ0v) is 17.7. The predicted molar refractivity (Wildman–Crippen MR) is 118 cm³/mol. The predicted octanol–water partition coefficient (Wildman–Crippen LogP) is 2.95. The van der Waals surface area contributed by atoms with Gasteiger partial charge in [0.1, 0.15) is 5.75 Å². The average molecular weight is 425 g/mol. The van der Waals surface area contributed by atoms with Crippen LogP contribution >= 0.6 is 11.3 Å². The molecule has 0 spiro atoms. The van der Waals surface area contributed by atoms with Crippen LogP contribution in [0.1, 0.15) is 29.8 Å². The zero-order chi connectivity index (χ0) is 21.7. The highest BCUT2D eigenvalue weighted by Crippen LogP contribution is 2.26. The van der Waals surface area contributed by atoms with Crippen LogP contribution in [0.3, 0.4) is 0 Å². The van der Waals surface area contributed by atoms with Crippen molar-refractivity contribution in [2.45, 2.75) is 26.8 Å². The highest BCUT2D eigenvalue weighted by atomic mass is 32.1. The van der Waals surface area contributed by atoms with Gasteiger partial charge in [-0.25, -0.2) is 4.99 Å². The fourth-order valence-corrected chi connectivity index (χ4v) is 3.97. The molecule has 0 aliphatic rings. The fraction of sp³-hybridized carbons (Fsp3) is 0.227. The van der Waals surface area contributed by atoms with E-state index in [-0.39, 0.29) is 17.2 Å². The van der Waals surface area contributed by atoms with Crippen LogP contribution in [0.4, 0.5) is 5.69 Å². The van der Waals surface area contributed by atoms with Crippen molar-refractivity contribution in [3.63, 3.8) is 0 Å². The Morgan fingerprint density at radius 3 is 2.57 bits per heavy atom. The standard InChI is InChI=1S/C22H24N4O3S/c1-3-15-4-7-17(8-5-15)25-22-26(11-10-24-14(2)27)19(13-30-22)16-6-9-20(28)18(12-16)21(23)29/h4-9,12-13,28H,3,10-11H2,1-2H3,(H2,23,29)(H,24,27). The van der Waals surface area contributed by atoms with Crippen molar-refractivity contribution < 1.29 is 14.7 Å². The Kier molecular flexibility index (Phi) is 6.68. The van der Waals surface area contributed by atoms with Gasteiger partial charge in [0.2, 0.25) is 5.91 Å². The Morgan fingerprint density at radius 2 is 1.93 bits per heavy atom. The molecule has 0 unspecified atom stereocenters. The Hall–Kier alpha value is -3.39. The summed E-state index contributed by atoms with van der Waals surface area (Å²) >= 11 is 1.46. The molecule has 0 radical (unpaired) electrons. The smallest absolute Gasteiger partial charge is 0.252 e. The van der Waals surface area contributed by atoms with E-state index in [1.165, 1.54) is 29.9 Å². The normalized spacial score (nSPS) is 11.5. The number of rotatable bonds is 7. The largest absolute Gasteiger partial charge is 0.507 e. The van der Waals surface area contributed by atoms with Crippen LogP contribution in [0.15, 0.2) is 52.8 Å². The van der Waals surface area contributed by atoms with Crippen LogP contribution in [-0.4, -0.2) is 28.0 Å². The maximum absolute atomic E-state index is 11.6. The van der Waals surface area contributed by atoms with Gasteiger partial charge in [0, 0.05) is 31.0 Å². The molecule has 30 heavy (non-hydrogen) atoms. The lowest BCUT2D eigenvalue weighted by Gasteiger charge is -2.11. The van der Waals surface area contributed by atoms with Crippen LogP contribution in [0, 0.1) is 0 Å². The minimum Gasteiger partial charge on any atom is -0.507 e. The van der Waals surface area contributed by atoms with Gasteiger partial charge in [0.25, 0.3) is 5.91 Å². The number of phenols is 1. The molecule has 7 nitrogen and oxygen atoms in total. The van der Waals surface area contributed by atoms with E-state index in [4.69, 9.17) is 10.7 Å². The van der Waals surface area contributed by atoms with Crippen molar-refractivity contribution in [3.05, 3.63) is 63.8 Å². The molecule has 0 atom stereocenters. The van der Waals surface area contributed by atoms with E-state index in [1.807, 2.05) is 34.2 Å². The Labute approximate surface area is 178 Å². The third kappa shape index (κ3) is 4.96. The van der Waals surface area contributed by atoms with Crippen molar-refractivity contribution in [1.82, 2.24) is 9.88 Å². The average Bonchev–Trinajstić information content (AvgIpc) is 3.11. The van der Waals surface area contributed by atoms with Gasteiger partial charge in [0.05, 0.1) is 16.9 Å². The Bertz CT molecular complexity index is 1130. The summed E-state index contributed by atoms with van der Waals surface area (Å²) in [5.41, 5.74) is 9.04. The van der Waals surface area contributed by atoms with Crippen LogP contribution < -0.4 is 15.9 Å². The summed E-state index contributed by atoms with van der Waals surface area (Å²) in [6.45, 7) is 4.50. The molecule has 3 rings (SSSR count). The highest BCUT2D eigenvalue weighted by Gasteiger charge is 2.13. The number of carbonyl (C=O) groups is 2. The van der Waals surface area contributed by atoms with E-state index in [1.54, 1.807) is 12.1 Å². The number of nitrogens with one attached hydrogen (secondary N) is 1. The summed E-state index contributed by atoms with van der Waals surface area (Å²) in [6, 6.07) is 12.8. The quantitative estimate of drug-likeness (QED) is 0.542. The van der Waals surface area contributed by atoms with E-state index in [9.17, 15) is 14.7 Å². The number of aromatic nitrogens is 1. The minimum atomic E-state index is -0.699. The number of benzene rings is 2. The van der Waals surface area contributed by atoms with Crippen molar-refractivity contribution in [2.24, 2.45) is 10.7 Å². The van der Waals surface area contributed by atoms with E-state index in [2.05, 4.69) is 12.2 Å². The lowest BCUT2D eigenvalue weighted by Crippen LogP contribution is -2.28. The van der Waals surface area contributed by atoms with Gasteiger partial charge in [0.15, 0.2) is 4.80 Å². The number of carbonyl (C=O) groups excluding carboxylic acids is 2. The number of aryl methyl sites for hydroxylation is 1. The van der Waals surface area contributed by atoms with Crippen LogP contribution in [-0.2, 0) is 17.8 Å². The highest BCUT2D eigenvalue weighted by molar-refractivity contribution is 7.07. The second-order valence-electron chi connectivity index (χ2n) is 6.77. The van der Waals surface area contributed by atoms with Gasteiger partial charge >= 0.3 is 0 Å². The molecule has 2 amide bonds. The third-order valence-electron chi connectivity index (χ3n) is 4.63. The second-order valence-corrected chi connectivity index (χ2v) is 7.60. The summed E-state index contributed by atoms with van der Waals surface area (Å²) in [5, 5.41) is 14.6. The summed E-state index contributed by atoms with van der Waals surface area (Å²) in [6.07, 6.45) is 0.962. The molecule has 2 aromatic carbocycles. The number of primary amides is 1. The number of hydrogen-bond acceptors (Lipinski definition) is 5. The van der Waals surface area contributed by atoms with Crippen LogP contribution in [0.25, 0.3) is 11.3 Å². The van der Waals surface area contributed by atoms with Gasteiger partial charge < -0.3 is 20.7 Å². The lowest BCUT2D eigenvalue weighted by molar-refractivity contribution is -0.118. The van der Waals surface area contributed by atoms with Crippen molar-refractivity contribution in [1.29, 1.82) is 0 Å². The topological polar surface area (TPSA) is 110 Å². The molecule has 156 valence electrons. The first-order valence-electron chi connectivity index (χ1n) is 9.58. The number of aromatic hydroxyl groups is 1. The SMILES string of the molecule is CCc1ccc(N=c2scc(-c3ccc(O)c(C(N)=O)c3)n2CCNC(C)=O)cc1. The van der Waals surface area contributed by atoms with E-state index in [0.717, 1.165) is 28.2 Å². The Balaban J connectivity index is 2.07. The number of hydrogen-bond donors (Lipinski definition) is 3. The maximum atomic E-state index is 11.6. The molecule has 1 heterocycles. The van der Waals surface area contributed by atoms with E-state index >= 15 is 0 Å². The first kappa shape index (κ1) is 21.3. The zero-order valence-electron chi connectivity index (χ0n) is 16.9. The maximum Gasteiger partial charge on any atom is 0.252 e. The van der Waals surface area contributed by atoms with Crippen molar-refractivity contribution in [2.75, 3.05) is 6.54 Å². The van der Waals surface area contributed by atoms with Gasteiger partial charge in [-0.3, -0.25) is 9.59 Å². The van der Waals surface area contributed by atoms with Crippen molar-refractivity contribution in [3.8, 4) is 17.0 Å². The molecule has 0 aliphatic heterocycles. The molecular formula is C22H24N4O3S. The molecule has 0 saturated carbocycles. The molecule has 3 aromatic rings. The van der Waals surface area contributed by atoms with Gasteiger partial charge in [-0.15, -0.1) is 11.3 Å². The second kappa shape index (κ2) is 9.41. The first-order valence-corrected chi connectivity index (χ1v) is 10.5. The summed E-state index contributed by atoms with van der Waals surface area (Å²) < 4.78 is 1.98.